The van der Waals surface area contributed by atoms with Crippen LogP contribution in [0.1, 0.15) is 71.6 Å². The molecule has 0 saturated carbocycles. The minimum absolute atomic E-state index is 0.0587. The number of carbonyl (C=O) groups excluding carboxylic acids is 4. The normalized spacial score (nSPS) is 13.6. The third kappa shape index (κ3) is 15.8. The minimum atomic E-state index is -5.18. The lowest BCUT2D eigenvalue weighted by atomic mass is 10.1. The maximum Gasteiger partial charge on any atom is 0.491 e. The molecular formula is C19H26F6O8. The van der Waals surface area contributed by atoms with E-state index in [-0.39, 0.29) is 12.8 Å². The fourth-order valence-corrected chi connectivity index (χ4v) is 2.39. The third-order valence-corrected chi connectivity index (χ3v) is 3.87. The molecule has 2 atom stereocenters. The predicted octanol–water partition coefficient (Wildman–Crippen LogP) is 4.49. The molecule has 0 radical (unpaired) electrons. The van der Waals surface area contributed by atoms with Gasteiger partial charge in [0.2, 0.25) is 12.6 Å². The number of esters is 4. The molecule has 0 aliphatic rings. The molecule has 0 bridgehead atoms. The molecule has 0 aliphatic heterocycles. The van der Waals surface area contributed by atoms with E-state index in [4.69, 9.17) is 0 Å². The van der Waals surface area contributed by atoms with Crippen molar-refractivity contribution >= 4 is 23.9 Å². The van der Waals surface area contributed by atoms with E-state index in [9.17, 15) is 45.5 Å². The van der Waals surface area contributed by atoms with Gasteiger partial charge in [-0.1, -0.05) is 32.1 Å². The van der Waals surface area contributed by atoms with Crippen LogP contribution in [0.5, 0.6) is 0 Å². The molecule has 0 aliphatic carbocycles. The van der Waals surface area contributed by atoms with E-state index < -0.39 is 48.8 Å². The first-order chi connectivity index (χ1) is 15.1. The first-order valence-corrected chi connectivity index (χ1v) is 10.1. The summed E-state index contributed by atoms with van der Waals surface area (Å²) < 4.78 is 89.1. The van der Waals surface area contributed by atoms with Crippen molar-refractivity contribution in [3.8, 4) is 0 Å². The topological polar surface area (TPSA) is 105 Å². The SMILES string of the molecule is CC(OC(=O)CCCCCCCCCC(=O)OC(C)OC(=O)C(F)(F)F)OC(=O)C(F)(F)F. The molecule has 0 N–H and O–H groups in total. The Hall–Kier alpha value is -2.54. The predicted molar refractivity (Wildman–Crippen MR) is 97.0 cm³/mol. The number of unbranched alkanes of at least 4 members (excludes halogenated alkanes) is 6. The first-order valence-electron chi connectivity index (χ1n) is 10.1. The van der Waals surface area contributed by atoms with E-state index in [1.807, 2.05) is 0 Å². The molecule has 0 aromatic rings. The quantitative estimate of drug-likeness (QED) is 0.150. The Balaban J connectivity index is 3.72. The summed E-state index contributed by atoms with van der Waals surface area (Å²) in [6, 6.07) is 0. The molecular weight excluding hydrogens is 470 g/mol. The number of ether oxygens (including phenoxy) is 4. The molecule has 0 fully saturated rings. The van der Waals surface area contributed by atoms with Crippen LogP contribution in [-0.4, -0.2) is 48.8 Å². The highest BCUT2D eigenvalue weighted by atomic mass is 19.4. The summed E-state index contributed by atoms with van der Waals surface area (Å²) in [4.78, 5) is 44.2. The van der Waals surface area contributed by atoms with Crippen LogP contribution in [0.15, 0.2) is 0 Å². The number of hydrogen-bond acceptors (Lipinski definition) is 8. The number of rotatable bonds is 14. The summed E-state index contributed by atoms with van der Waals surface area (Å²) in [7, 11) is 0. The zero-order valence-electron chi connectivity index (χ0n) is 18.1. The summed E-state index contributed by atoms with van der Waals surface area (Å²) in [6.07, 6.45) is -9.43. The Kier molecular flexibility index (Phi) is 13.5. The van der Waals surface area contributed by atoms with Crippen LogP contribution < -0.4 is 0 Å². The molecule has 0 heterocycles. The Morgan fingerprint density at radius 1 is 0.545 bits per heavy atom. The van der Waals surface area contributed by atoms with Crippen molar-refractivity contribution in [1.82, 2.24) is 0 Å². The highest BCUT2D eigenvalue weighted by Gasteiger charge is 2.43. The van der Waals surface area contributed by atoms with Gasteiger partial charge in [0.25, 0.3) is 0 Å². The van der Waals surface area contributed by atoms with Gasteiger partial charge in [-0.05, 0) is 12.8 Å². The molecule has 8 nitrogen and oxygen atoms in total. The first kappa shape index (κ1) is 30.5. The van der Waals surface area contributed by atoms with E-state index in [0.717, 1.165) is 33.1 Å². The molecule has 0 saturated heterocycles. The highest BCUT2D eigenvalue weighted by Crippen LogP contribution is 2.19. The van der Waals surface area contributed by atoms with Crippen molar-refractivity contribution in [2.24, 2.45) is 0 Å². The zero-order valence-corrected chi connectivity index (χ0v) is 18.1. The van der Waals surface area contributed by atoms with Crippen molar-refractivity contribution in [2.45, 2.75) is 96.6 Å². The van der Waals surface area contributed by atoms with Gasteiger partial charge in [-0.2, -0.15) is 26.3 Å². The Bertz CT molecular complexity index is 593. The summed E-state index contributed by atoms with van der Waals surface area (Å²) >= 11 is 0. The second-order valence-electron chi connectivity index (χ2n) is 6.90. The maximum absolute atomic E-state index is 12.0. The smallest absolute Gasteiger partial charge is 0.425 e. The van der Waals surface area contributed by atoms with Crippen molar-refractivity contribution in [2.75, 3.05) is 0 Å². The fourth-order valence-electron chi connectivity index (χ4n) is 2.39. The molecule has 0 aromatic heterocycles. The van der Waals surface area contributed by atoms with E-state index in [0.29, 0.717) is 25.7 Å². The van der Waals surface area contributed by atoms with E-state index in [1.165, 1.54) is 0 Å². The average molecular weight is 496 g/mol. The van der Waals surface area contributed by atoms with Crippen LogP contribution in [0.3, 0.4) is 0 Å². The van der Waals surface area contributed by atoms with Gasteiger partial charge in [-0.3, -0.25) is 9.59 Å². The lowest BCUT2D eigenvalue weighted by Crippen LogP contribution is -2.31. The number of halogens is 6. The Labute approximate surface area is 185 Å². The van der Waals surface area contributed by atoms with Gasteiger partial charge in [0.1, 0.15) is 0 Å². The lowest BCUT2D eigenvalue weighted by Gasteiger charge is -2.15. The van der Waals surface area contributed by atoms with Gasteiger partial charge in [0.15, 0.2) is 0 Å². The van der Waals surface area contributed by atoms with Gasteiger partial charge < -0.3 is 18.9 Å². The van der Waals surface area contributed by atoms with Gasteiger partial charge in [0.05, 0.1) is 0 Å². The molecule has 0 rings (SSSR count). The van der Waals surface area contributed by atoms with Crippen molar-refractivity contribution in [3.63, 3.8) is 0 Å². The lowest BCUT2D eigenvalue weighted by molar-refractivity contribution is -0.223. The van der Waals surface area contributed by atoms with E-state index in [2.05, 4.69) is 18.9 Å². The van der Waals surface area contributed by atoms with Gasteiger partial charge in [0, 0.05) is 26.7 Å². The number of hydrogen-bond donors (Lipinski definition) is 0. The number of alkyl halides is 6. The van der Waals surface area contributed by atoms with Crippen LogP contribution in [-0.2, 0) is 38.1 Å². The van der Waals surface area contributed by atoms with Crippen LogP contribution in [0.2, 0.25) is 0 Å². The molecule has 0 spiro atoms. The van der Waals surface area contributed by atoms with Crippen molar-refractivity contribution < 1.29 is 64.5 Å². The number of carbonyl (C=O) groups is 4. The summed E-state index contributed by atoms with van der Waals surface area (Å²) in [5.41, 5.74) is 0. The standard InChI is InChI=1S/C19H26F6O8/c1-12(32-16(28)18(20,21)22)30-14(26)10-8-6-4-3-5-7-9-11-15(27)31-13(2)33-17(29)19(23,24)25/h12-13H,3-11H2,1-2H3. The molecule has 0 amide bonds. The highest BCUT2D eigenvalue weighted by molar-refractivity contribution is 5.76. The van der Waals surface area contributed by atoms with Crippen LogP contribution in [0.4, 0.5) is 26.3 Å². The molecule has 192 valence electrons. The maximum atomic E-state index is 12.0. The third-order valence-electron chi connectivity index (χ3n) is 3.87. The Morgan fingerprint density at radius 2 is 0.818 bits per heavy atom. The van der Waals surface area contributed by atoms with Crippen molar-refractivity contribution in [1.29, 1.82) is 0 Å². The second kappa shape index (κ2) is 14.6. The van der Waals surface area contributed by atoms with Crippen molar-refractivity contribution in [3.05, 3.63) is 0 Å². The second-order valence-corrected chi connectivity index (χ2v) is 6.90. The Morgan fingerprint density at radius 3 is 1.09 bits per heavy atom. The van der Waals surface area contributed by atoms with Crippen LogP contribution in [0.25, 0.3) is 0 Å². The monoisotopic (exact) mass is 496 g/mol. The van der Waals surface area contributed by atoms with Crippen LogP contribution >= 0.6 is 0 Å². The van der Waals surface area contributed by atoms with Gasteiger partial charge >= 0.3 is 36.2 Å². The largest absolute Gasteiger partial charge is 0.491 e. The summed E-state index contributed by atoms with van der Waals surface area (Å²) in [5, 5.41) is 0. The van der Waals surface area contributed by atoms with E-state index >= 15 is 0 Å². The van der Waals surface area contributed by atoms with Gasteiger partial charge in [-0.15, -0.1) is 0 Å². The zero-order chi connectivity index (χ0) is 25.7. The van der Waals surface area contributed by atoms with Gasteiger partial charge in [-0.25, -0.2) is 9.59 Å². The summed E-state index contributed by atoms with van der Waals surface area (Å²) in [5.74, 6) is -6.50. The molecule has 14 heteroatoms. The van der Waals surface area contributed by atoms with E-state index in [1.54, 1.807) is 0 Å². The minimum Gasteiger partial charge on any atom is -0.425 e. The average Bonchev–Trinajstić information content (AvgIpc) is 2.64. The summed E-state index contributed by atoms with van der Waals surface area (Å²) in [6.45, 7) is 1.99. The molecule has 33 heavy (non-hydrogen) atoms. The fraction of sp³-hybridized carbons (Fsp3) is 0.789. The van der Waals surface area contributed by atoms with Crippen LogP contribution in [0, 0.1) is 0 Å². The molecule has 0 aromatic carbocycles. The molecule has 2 unspecified atom stereocenters.